The lowest BCUT2D eigenvalue weighted by Crippen LogP contribution is -2.34. The highest BCUT2D eigenvalue weighted by molar-refractivity contribution is 5.94. The van der Waals surface area contributed by atoms with Gasteiger partial charge in [0, 0.05) is 13.1 Å². The predicted octanol–water partition coefficient (Wildman–Crippen LogP) is 5.55. The zero-order valence-electron chi connectivity index (χ0n) is 17.5. The van der Waals surface area contributed by atoms with Gasteiger partial charge in [-0.05, 0) is 43.0 Å². The average Bonchev–Trinajstić information content (AvgIpc) is 3.05. The van der Waals surface area contributed by atoms with Gasteiger partial charge >= 0.3 is 0 Å². The molecule has 0 saturated carbocycles. The summed E-state index contributed by atoms with van der Waals surface area (Å²) in [6, 6.07) is 8.33. The van der Waals surface area contributed by atoms with Gasteiger partial charge in [0.15, 0.2) is 17.5 Å². The van der Waals surface area contributed by atoms with Crippen LogP contribution in [-0.2, 0) is 13.1 Å². The van der Waals surface area contributed by atoms with Crippen LogP contribution in [0.15, 0.2) is 36.4 Å². The van der Waals surface area contributed by atoms with Crippen LogP contribution in [0.1, 0.15) is 49.8 Å². The van der Waals surface area contributed by atoms with Crippen molar-refractivity contribution in [3.05, 3.63) is 65.2 Å². The Morgan fingerprint density at radius 1 is 1.10 bits per heavy atom. The number of para-hydroxylation sites is 1. The van der Waals surface area contributed by atoms with Crippen molar-refractivity contribution in [3.63, 3.8) is 0 Å². The SMILES string of the molecule is CCCn1c(CN(CCC(C)C)C(=O)c2cccc(F)c2F)nc2c(F)cccc21. The van der Waals surface area contributed by atoms with Gasteiger partial charge in [0.2, 0.25) is 0 Å². The fourth-order valence-electron chi connectivity index (χ4n) is 3.43. The molecular weight excluding hydrogens is 391 g/mol. The average molecular weight is 417 g/mol. The molecule has 0 fully saturated rings. The second-order valence-electron chi connectivity index (χ2n) is 7.80. The van der Waals surface area contributed by atoms with E-state index >= 15 is 0 Å². The summed E-state index contributed by atoms with van der Waals surface area (Å²) in [6.45, 7) is 7.08. The third kappa shape index (κ3) is 4.50. The minimum atomic E-state index is -1.16. The first kappa shape index (κ1) is 21.9. The number of aromatic nitrogens is 2. The third-order valence-corrected chi connectivity index (χ3v) is 5.03. The highest BCUT2D eigenvalue weighted by atomic mass is 19.2. The minimum Gasteiger partial charge on any atom is -0.331 e. The molecule has 0 radical (unpaired) electrons. The molecular formula is C23H26F3N3O. The second kappa shape index (κ2) is 9.32. The van der Waals surface area contributed by atoms with Crippen molar-refractivity contribution < 1.29 is 18.0 Å². The monoisotopic (exact) mass is 417 g/mol. The molecule has 0 aliphatic rings. The fraction of sp³-hybridized carbons (Fsp3) is 0.391. The van der Waals surface area contributed by atoms with Gasteiger partial charge in [0.05, 0.1) is 17.6 Å². The molecule has 160 valence electrons. The van der Waals surface area contributed by atoms with E-state index in [1.807, 2.05) is 25.3 Å². The first-order valence-corrected chi connectivity index (χ1v) is 10.2. The molecule has 3 aromatic rings. The van der Waals surface area contributed by atoms with E-state index in [9.17, 15) is 18.0 Å². The van der Waals surface area contributed by atoms with Gasteiger partial charge in [-0.1, -0.05) is 32.9 Å². The first-order chi connectivity index (χ1) is 14.3. The van der Waals surface area contributed by atoms with E-state index in [0.717, 1.165) is 12.5 Å². The number of amides is 1. The van der Waals surface area contributed by atoms with Gasteiger partial charge in [0.25, 0.3) is 5.91 Å². The number of rotatable bonds is 8. The minimum absolute atomic E-state index is 0.0790. The maximum absolute atomic E-state index is 14.3. The van der Waals surface area contributed by atoms with Crippen molar-refractivity contribution in [2.45, 2.75) is 46.7 Å². The Labute approximate surface area is 174 Å². The number of fused-ring (bicyclic) bond motifs is 1. The molecule has 0 N–H and O–H groups in total. The molecule has 0 saturated heterocycles. The number of hydrogen-bond acceptors (Lipinski definition) is 2. The third-order valence-electron chi connectivity index (χ3n) is 5.03. The van der Waals surface area contributed by atoms with Crippen molar-refractivity contribution in [3.8, 4) is 0 Å². The summed E-state index contributed by atoms with van der Waals surface area (Å²) >= 11 is 0. The number of benzene rings is 2. The molecule has 30 heavy (non-hydrogen) atoms. The summed E-state index contributed by atoms with van der Waals surface area (Å²) in [4.78, 5) is 19.0. The van der Waals surface area contributed by atoms with Crippen molar-refractivity contribution in [1.82, 2.24) is 14.5 Å². The van der Waals surface area contributed by atoms with E-state index in [4.69, 9.17) is 0 Å². The topological polar surface area (TPSA) is 38.1 Å². The summed E-state index contributed by atoms with van der Waals surface area (Å²) in [7, 11) is 0. The van der Waals surface area contributed by atoms with Crippen LogP contribution < -0.4 is 0 Å². The van der Waals surface area contributed by atoms with Gasteiger partial charge in [0.1, 0.15) is 11.3 Å². The van der Waals surface area contributed by atoms with E-state index < -0.39 is 23.4 Å². The quantitative estimate of drug-likeness (QED) is 0.482. The van der Waals surface area contributed by atoms with Gasteiger partial charge < -0.3 is 9.47 Å². The van der Waals surface area contributed by atoms with E-state index in [2.05, 4.69) is 4.98 Å². The molecule has 0 atom stereocenters. The van der Waals surface area contributed by atoms with Gasteiger partial charge in [-0.2, -0.15) is 0 Å². The van der Waals surface area contributed by atoms with Crippen LogP contribution in [-0.4, -0.2) is 26.9 Å². The van der Waals surface area contributed by atoms with Crippen molar-refractivity contribution >= 4 is 16.9 Å². The van der Waals surface area contributed by atoms with Gasteiger partial charge in [-0.3, -0.25) is 4.79 Å². The lowest BCUT2D eigenvalue weighted by molar-refractivity contribution is 0.0723. The molecule has 0 unspecified atom stereocenters. The zero-order valence-corrected chi connectivity index (χ0v) is 17.5. The van der Waals surface area contributed by atoms with Crippen LogP contribution in [0.5, 0.6) is 0 Å². The predicted molar refractivity (Wildman–Crippen MR) is 111 cm³/mol. The molecule has 0 spiro atoms. The van der Waals surface area contributed by atoms with Crippen molar-refractivity contribution in [1.29, 1.82) is 0 Å². The Hall–Kier alpha value is -2.83. The molecule has 0 aliphatic carbocycles. The van der Waals surface area contributed by atoms with Gasteiger partial charge in [-0.25, -0.2) is 18.2 Å². The fourth-order valence-corrected chi connectivity index (χ4v) is 3.43. The lowest BCUT2D eigenvalue weighted by Gasteiger charge is -2.24. The highest BCUT2D eigenvalue weighted by Crippen LogP contribution is 2.22. The number of hydrogen-bond donors (Lipinski definition) is 0. The lowest BCUT2D eigenvalue weighted by atomic mass is 10.1. The molecule has 0 aliphatic heterocycles. The van der Waals surface area contributed by atoms with Crippen LogP contribution in [0.3, 0.4) is 0 Å². The zero-order chi connectivity index (χ0) is 21.8. The molecule has 1 aromatic heterocycles. The van der Waals surface area contributed by atoms with Crippen molar-refractivity contribution in [2.75, 3.05) is 6.54 Å². The van der Waals surface area contributed by atoms with Crippen LogP contribution in [0.25, 0.3) is 11.0 Å². The first-order valence-electron chi connectivity index (χ1n) is 10.2. The van der Waals surface area contributed by atoms with Gasteiger partial charge in [-0.15, -0.1) is 0 Å². The maximum atomic E-state index is 14.3. The Balaban J connectivity index is 2.01. The van der Waals surface area contributed by atoms with Crippen LogP contribution >= 0.6 is 0 Å². The molecule has 0 bridgehead atoms. The molecule has 7 heteroatoms. The van der Waals surface area contributed by atoms with E-state index in [-0.39, 0.29) is 17.6 Å². The highest BCUT2D eigenvalue weighted by Gasteiger charge is 2.24. The molecule has 1 heterocycles. The van der Waals surface area contributed by atoms with Crippen LogP contribution in [0, 0.1) is 23.4 Å². The summed E-state index contributed by atoms with van der Waals surface area (Å²) in [5.41, 5.74) is 0.581. The number of imidazole rings is 1. The van der Waals surface area contributed by atoms with Crippen molar-refractivity contribution in [2.24, 2.45) is 5.92 Å². The Morgan fingerprint density at radius 2 is 1.80 bits per heavy atom. The summed E-state index contributed by atoms with van der Waals surface area (Å²) in [6.07, 6.45) is 1.48. The largest absolute Gasteiger partial charge is 0.331 e. The van der Waals surface area contributed by atoms with E-state index in [1.54, 1.807) is 12.1 Å². The normalized spacial score (nSPS) is 11.4. The Morgan fingerprint density at radius 3 is 2.50 bits per heavy atom. The molecule has 4 nitrogen and oxygen atoms in total. The number of aryl methyl sites for hydroxylation is 1. The maximum Gasteiger partial charge on any atom is 0.257 e. The smallest absolute Gasteiger partial charge is 0.257 e. The molecule has 3 rings (SSSR count). The Kier molecular flexibility index (Phi) is 6.80. The summed E-state index contributed by atoms with van der Waals surface area (Å²) in [5.74, 6) is -2.44. The number of halogens is 3. The summed E-state index contributed by atoms with van der Waals surface area (Å²) < 4.78 is 44.1. The number of nitrogens with zero attached hydrogens (tertiary/aromatic N) is 3. The van der Waals surface area contributed by atoms with Crippen LogP contribution in [0.4, 0.5) is 13.2 Å². The van der Waals surface area contributed by atoms with Crippen LogP contribution in [0.2, 0.25) is 0 Å². The number of carbonyl (C=O) groups excluding carboxylic acids is 1. The standard InChI is InChI=1S/C23H26F3N3O/c1-4-12-29-19-10-6-9-18(25)22(19)27-20(29)14-28(13-11-15(2)3)23(30)16-7-5-8-17(24)21(16)26/h5-10,15H,4,11-14H2,1-3H3. The van der Waals surface area contributed by atoms with E-state index in [0.29, 0.717) is 36.8 Å². The second-order valence-corrected chi connectivity index (χ2v) is 7.80. The molecule has 1 amide bonds. The van der Waals surface area contributed by atoms with E-state index in [1.165, 1.54) is 23.1 Å². The molecule has 2 aromatic carbocycles. The summed E-state index contributed by atoms with van der Waals surface area (Å²) in [5, 5.41) is 0. The Bertz CT molecular complexity index is 1050. The number of carbonyl (C=O) groups is 1.